The third-order valence-corrected chi connectivity index (χ3v) is 3.99. The van der Waals surface area contributed by atoms with Gasteiger partial charge in [0.25, 0.3) is 0 Å². The number of sulfonamides is 1. The van der Waals surface area contributed by atoms with Crippen LogP contribution in [0.15, 0.2) is 42.5 Å². The van der Waals surface area contributed by atoms with Crippen LogP contribution in [0, 0.1) is 0 Å². The van der Waals surface area contributed by atoms with E-state index in [1.165, 1.54) is 12.1 Å². The van der Waals surface area contributed by atoms with Crippen molar-refractivity contribution >= 4 is 44.9 Å². The fourth-order valence-corrected chi connectivity index (χ4v) is 2.85. The maximum atomic E-state index is 12.2. The van der Waals surface area contributed by atoms with Gasteiger partial charge in [0.15, 0.2) is 0 Å². The molecule has 0 unspecified atom stereocenters. The Balaban J connectivity index is 2.15. The highest BCUT2D eigenvalue weighted by atomic mass is 35.5. The van der Waals surface area contributed by atoms with E-state index < -0.39 is 16.0 Å². The largest absolute Gasteiger partial charge is 0.457 e. The minimum Gasteiger partial charge on any atom is -0.457 e. The Morgan fingerprint density at radius 3 is 2.52 bits per heavy atom. The summed E-state index contributed by atoms with van der Waals surface area (Å²) in [4.78, 5) is 12.2. The Bertz CT molecular complexity index is 837. The van der Waals surface area contributed by atoms with Crippen molar-refractivity contribution in [3.05, 3.63) is 63.6 Å². The van der Waals surface area contributed by atoms with Crippen LogP contribution in [0.2, 0.25) is 10.0 Å². The molecule has 0 fully saturated rings. The van der Waals surface area contributed by atoms with Crippen LogP contribution in [0.25, 0.3) is 0 Å². The number of nitrogens with one attached hydrogen (secondary N) is 1. The second-order valence-corrected chi connectivity index (χ2v) is 7.32. The van der Waals surface area contributed by atoms with Gasteiger partial charge in [-0.15, -0.1) is 0 Å². The van der Waals surface area contributed by atoms with Gasteiger partial charge in [0.2, 0.25) is 10.0 Å². The lowest BCUT2D eigenvalue weighted by Crippen LogP contribution is -2.14. The Labute approximate surface area is 144 Å². The minimum absolute atomic E-state index is 0.0535. The van der Waals surface area contributed by atoms with Gasteiger partial charge in [-0.1, -0.05) is 41.4 Å². The van der Waals surface area contributed by atoms with Gasteiger partial charge in [-0.3, -0.25) is 4.72 Å². The van der Waals surface area contributed by atoms with Crippen molar-refractivity contribution in [2.75, 3.05) is 11.0 Å². The second kappa shape index (κ2) is 7.21. The summed E-state index contributed by atoms with van der Waals surface area (Å²) in [5.74, 6) is -0.664. The fraction of sp³-hybridized carbons (Fsp3) is 0.133. The summed E-state index contributed by atoms with van der Waals surface area (Å²) >= 11 is 11.8. The van der Waals surface area contributed by atoms with Crippen molar-refractivity contribution in [1.82, 2.24) is 0 Å². The summed E-state index contributed by atoms with van der Waals surface area (Å²) in [6, 6.07) is 11.0. The standard InChI is InChI=1S/C15H13Cl2NO4S/c1-23(20,21)18-14-5-3-2-4-12(14)15(19)22-9-10-6-7-11(16)8-13(10)17/h2-8,18H,9H2,1H3. The first-order valence-corrected chi connectivity index (χ1v) is 9.09. The molecule has 0 radical (unpaired) electrons. The highest BCUT2D eigenvalue weighted by Gasteiger charge is 2.15. The van der Waals surface area contributed by atoms with Crippen molar-refractivity contribution in [3.63, 3.8) is 0 Å². The number of para-hydroxylation sites is 1. The molecule has 0 heterocycles. The van der Waals surface area contributed by atoms with Crippen molar-refractivity contribution in [2.24, 2.45) is 0 Å². The molecule has 2 aromatic rings. The van der Waals surface area contributed by atoms with E-state index in [4.69, 9.17) is 27.9 Å². The highest BCUT2D eigenvalue weighted by molar-refractivity contribution is 7.92. The minimum atomic E-state index is -3.51. The molecule has 2 rings (SSSR count). The molecule has 0 amide bonds. The first-order valence-electron chi connectivity index (χ1n) is 6.44. The van der Waals surface area contributed by atoms with E-state index in [1.807, 2.05) is 0 Å². The molecule has 8 heteroatoms. The first kappa shape index (κ1) is 17.6. The number of halogens is 2. The number of carbonyl (C=O) groups excluding carboxylic acids is 1. The van der Waals surface area contributed by atoms with Crippen LogP contribution in [0.1, 0.15) is 15.9 Å². The summed E-state index contributed by atoms with van der Waals surface area (Å²) in [6.45, 7) is -0.0535. The molecule has 0 saturated carbocycles. The van der Waals surface area contributed by atoms with E-state index in [0.29, 0.717) is 15.6 Å². The topological polar surface area (TPSA) is 72.5 Å². The third kappa shape index (κ3) is 5.13. The maximum Gasteiger partial charge on any atom is 0.340 e. The average molecular weight is 374 g/mol. The van der Waals surface area contributed by atoms with Gasteiger partial charge >= 0.3 is 5.97 Å². The zero-order valence-corrected chi connectivity index (χ0v) is 14.4. The summed E-state index contributed by atoms with van der Waals surface area (Å²) in [7, 11) is -3.51. The normalized spacial score (nSPS) is 11.1. The predicted octanol–water partition coefficient (Wildman–Crippen LogP) is 3.72. The predicted molar refractivity (Wildman–Crippen MR) is 90.5 cm³/mol. The highest BCUT2D eigenvalue weighted by Crippen LogP contribution is 2.23. The molecule has 0 spiro atoms. The van der Waals surface area contributed by atoms with Gasteiger partial charge in [0.1, 0.15) is 6.61 Å². The lowest BCUT2D eigenvalue weighted by Gasteiger charge is -2.11. The first-order chi connectivity index (χ1) is 10.8. The lowest BCUT2D eigenvalue weighted by atomic mass is 10.2. The van der Waals surface area contributed by atoms with Crippen LogP contribution in [0.3, 0.4) is 0 Å². The smallest absolute Gasteiger partial charge is 0.340 e. The van der Waals surface area contributed by atoms with E-state index in [9.17, 15) is 13.2 Å². The summed E-state index contributed by atoms with van der Waals surface area (Å²) in [6.07, 6.45) is 1.00. The van der Waals surface area contributed by atoms with Crippen LogP contribution in [0.4, 0.5) is 5.69 Å². The third-order valence-electron chi connectivity index (χ3n) is 2.82. The van der Waals surface area contributed by atoms with E-state index in [2.05, 4.69) is 4.72 Å². The number of rotatable bonds is 5. The van der Waals surface area contributed by atoms with Gasteiger partial charge in [-0.25, -0.2) is 13.2 Å². The fourth-order valence-electron chi connectivity index (χ4n) is 1.81. The van der Waals surface area contributed by atoms with Gasteiger partial charge < -0.3 is 4.74 Å². The van der Waals surface area contributed by atoms with E-state index in [1.54, 1.807) is 30.3 Å². The molecular formula is C15H13Cl2NO4S. The number of hydrogen-bond donors (Lipinski definition) is 1. The maximum absolute atomic E-state index is 12.2. The molecule has 0 aliphatic carbocycles. The summed E-state index contributed by atoms with van der Waals surface area (Å²) < 4.78 is 30.1. The van der Waals surface area contributed by atoms with E-state index in [0.717, 1.165) is 6.26 Å². The van der Waals surface area contributed by atoms with Crippen LogP contribution in [0.5, 0.6) is 0 Å². The molecule has 23 heavy (non-hydrogen) atoms. The van der Waals surface area contributed by atoms with Crippen LogP contribution >= 0.6 is 23.2 Å². The van der Waals surface area contributed by atoms with E-state index >= 15 is 0 Å². The number of esters is 1. The zero-order chi connectivity index (χ0) is 17.0. The van der Waals surface area contributed by atoms with Gasteiger partial charge in [0, 0.05) is 15.6 Å². The molecule has 0 atom stereocenters. The van der Waals surface area contributed by atoms with Crippen molar-refractivity contribution < 1.29 is 17.9 Å². The van der Waals surface area contributed by atoms with Crippen LogP contribution in [-0.4, -0.2) is 20.6 Å². The Kier molecular flexibility index (Phi) is 5.51. The molecule has 0 aliphatic rings. The summed E-state index contributed by atoms with van der Waals surface area (Å²) in [5, 5.41) is 0.862. The lowest BCUT2D eigenvalue weighted by molar-refractivity contribution is 0.0474. The second-order valence-electron chi connectivity index (χ2n) is 4.73. The van der Waals surface area contributed by atoms with Crippen molar-refractivity contribution in [1.29, 1.82) is 0 Å². The number of anilines is 1. The quantitative estimate of drug-likeness (QED) is 0.810. The van der Waals surface area contributed by atoms with Crippen molar-refractivity contribution in [3.8, 4) is 0 Å². The molecule has 2 aromatic carbocycles. The summed E-state index contributed by atoms with van der Waals surface area (Å²) in [5.41, 5.74) is 0.864. The van der Waals surface area contributed by atoms with Crippen molar-refractivity contribution in [2.45, 2.75) is 6.61 Å². The average Bonchev–Trinajstić information content (AvgIpc) is 2.45. The number of hydrogen-bond acceptors (Lipinski definition) is 4. The molecule has 0 saturated heterocycles. The molecule has 0 bridgehead atoms. The van der Waals surface area contributed by atoms with Gasteiger partial charge in [-0.2, -0.15) is 0 Å². The Morgan fingerprint density at radius 2 is 1.87 bits per heavy atom. The Morgan fingerprint density at radius 1 is 1.17 bits per heavy atom. The number of carbonyl (C=O) groups is 1. The van der Waals surface area contributed by atoms with Crippen LogP contribution in [-0.2, 0) is 21.4 Å². The van der Waals surface area contributed by atoms with Gasteiger partial charge in [-0.05, 0) is 24.3 Å². The van der Waals surface area contributed by atoms with E-state index in [-0.39, 0.29) is 17.9 Å². The van der Waals surface area contributed by atoms with Crippen LogP contribution < -0.4 is 4.72 Å². The molecule has 1 N–H and O–H groups in total. The molecule has 0 aliphatic heterocycles. The molecule has 5 nitrogen and oxygen atoms in total. The number of ether oxygens (including phenoxy) is 1. The zero-order valence-electron chi connectivity index (χ0n) is 12.0. The SMILES string of the molecule is CS(=O)(=O)Nc1ccccc1C(=O)OCc1ccc(Cl)cc1Cl. The Hall–Kier alpha value is -1.76. The monoisotopic (exact) mass is 373 g/mol. The van der Waals surface area contributed by atoms with Gasteiger partial charge in [0.05, 0.1) is 17.5 Å². The number of benzene rings is 2. The molecule has 122 valence electrons. The molecular weight excluding hydrogens is 361 g/mol. The molecule has 0 aromatic heterocycles.